The van der Waals surface area contributed by atoms with E-state index in [9.17, 15) is 0 Å². The number of benzene rings is 1. The van der Waals surface area contributed by atoms with Gasteiger partial charge in [0.05, 0.1) is 18.2 Å². The Hall–Kier alpha value is -1.10. The Kier molecular flexibility index (Phi) is 4.24. The first-order chi connectivity index (χ1) is 9.81. The van der Waals surface area contributed by atoms with Crippen molar-refractivity contribution in [2.75, 3.05) is 6.61 Å². The summed E-state index contributed by atoms with van der Waals surface area (Å²) in [6.07, 6.45) is 5.39. The Labute approximate surface area is 120 Å². The van der Waals surface area contributed by atoms with Crippen LogP contribution in [0.3, 0.4) is 0 Å². The van der Waals surface area contributed by atoms with Crippen LogP contribution >= 0.6 is 0 Å². The number of hydrazine groups is 1. The highest BCUT2D eigenvalue weighted by Crippen LogP contribution is 2.40. The lowest BCUT2D eigenvalue weighted by Crippen LogP contribution is -2.39. The third-order valence-corrected chi connectivity index (χ3v) is 4.00. The molecular formula is C16H24N2O2. The third-order valence-electron chi connectivity index (χ3n) is 4.00. The monoisotopic (exact) mass is 276 g/mol. The van der Waals surface area contributed by atoms with E-state index in [0.29, 0.717) is 12.0 Å². The lowest BCUT2D eigenvalue weighted by atomic mass is 9.98. The number of nitrogens with one attached hydrogen (secondary N) is 1. The number of hydrogen-bond donors (Lipinski definition) is 2. The summed E-state index contributed by atoms with van der Waals surface area (Å²) in [6.45, 7) is 2.76. The highest BCUT2D eigenvalue weighted by Gasteiger charge is 2.37. The fourth-order valence-electron chi connectivity index (χ4n) is 2.66. The Balaban J connectivity index is 1.76. The molecule has 1 aromatic rings. The zero-order chi connectivity index (χ0) is 13.9. The van der Waals surface area contributed by atoms with E-state index < -0.39 is 0 Å². The third kappa shape index (κ3) is 3.32. The maximum atomic E-state index is 5.92. The zero-order valence-electron chi connectivity index (χ0n) is 12.0. The number of rotatable bonds is 8. The molecule has 3 rings (SSSR count). The molecule has 2 aliphatic rings. The van der Waals surface area contributed by atoms with Crippen LogP contribution in [0.15, 0.2) is 24.3 Å². The van der Waals surface area contributed by atoms with Gasteiger partial charge in [0.25, 0.3) is 0 Å². The van der Waals surface area contributed by atoms with Crippen LogP contribution in [0.5, 0.6) is 5.75 Å². The second-order valence-electron chi connectivity index (χ2n) is 5.79. The van der Waals surface area contributed by atoms with Crippen molar-refractivity contribution in [3.8, 4) is 5.75 Å². The molecule has 4 heteroatoms. The maximum absolute atomic E-state index is 5.92. The maximum Gasteiger partial charge on any atom is 0.120 e. The van der Waals surface area contributed by atoms with E-state index in [1.807, 2.05) is 19.1 Å². The van der Waals surface area contributed by atoms with E-state index in [4.69, 9.17) is 15.3 Å². The normalized spacial score (nSPS) is 21.5. The van der Waals surface area contributed by atoms with Crippen molar-refractivity contribution in [1.82, 2.24) is 5.43 Å². The lowest BCUT2D eigenvalue weighted by molar-refractivity contribution is 0.0185. The Morgan fingerprint density at radius 3 is 2.70 bits per heavy atom. The minimum Gasteiger partial charge on any atom is -0.490 e. The van der Waals surface area contributed by atoms with Crippen molar-refractivity contribution < 1.29 is 9.47 Å². The van der Waals surface area contributed by atoms with Gasteiger partial charge in [0.15, 0.2) is 0 Å². The molecule has 0 spiro atoms. The van der Waals surface area contributed by atoms with Gasteiger partial charge in [-0.2, -0.15) is 0 Å². The van der Waals surface area contributed by atoms with Gasteiger partial charge in [0.2, 0.25) is 0 Å². The van der Waals surface area contributed by atoms with Gasteiger partial charge in [-0.25, -0.2) is 0 Å². The predicted octanol–water partition coefficient (Wildman–Crippen LogP) is 2.55. The van der Waals surface area contributed by atoms with Crippen LogP contribution in [-0.4, -0.2) is 18.8 Å². The van der Waals surface area contributed by atoms with Crippen molar-refractivity contribution in [3.63, 3.8) is 0 Å². The first kappa shape index (κ1) is 13.9. The van der Waals surface area contributed by atoms with Crippen LogP contribution in [0.4, 0.5) is 0 Å². The van der Waals surface area contributed by atoms with Gasteiger partial charge < -0.3 is 9.47 Å². The molecule has 2 fully saturated rings. The van der Waals surface area contributed by atoms with E-state index in [-0.39, 0.29) is 12.1 Å². The molecule has 2 unspecified atom stereocenters. The molecule has 0 aromatic heterocycles. The Morgan fingerprint density at radius 1 is 1.30 bits per heavy atom. The average Bonchev–Trinajstić information content (AvgIpc) is 3.33. The number of ether oxygens (including phenoxy) is 2. The van der Waals surface area contributed by atoms with Gasteiger partial charge in [-0.05, 0) is 56.2 Å². The zero-order valence-corrected chi connectivity index (χ0v) is 12.0. The molecule has 0 saturated heterocycles. The van der Waals surface area contributed by atoms with E-state index in [1.165, 1.54) is 25.7 Å². The van der Waals surface area contributed by atoms with Crippen LogP contribution in [0.25, 0.3) is 0 Å². The number of nitrogens with two attached hydrogens (primary N) is 1. The summed E-state index contributed by atoms with van der Waals surface area (Å²) in [5, 5.41) is 0. The molecule has 0 radical (unpaired) electrons. The molecule has 2 saturated carbocycles. The van der Waals surface area contributed by atoms with Gasteiger partial charge in [-0.3, -0.25) is 11.3 Å². The molecular weight excluding hydrogens is 252 g/mol. The quantitative estimate of drug-likeness (QED) is 0.566. The van der Waals surface area contributed by atoms with Gasteiger partial charge in [0.1, 0.15) is 5.75 Å². The predicted molar refractivity (Wildman–Crippen MR) is 78.3 cm³/mol. The second-order valence-corrected chi connectivity index (χ2v) is 5.79. The summed E-state index contributed by atoms with van der Waals surface area (Å²) in [5.41, 5.74) is 4.09. The fourth-order valence-corrected chi connectivity index (χ4v) is 2.66. The smallest absolute Gasteiger partial charge is 0.120 e. The minimum atomic E-state index is 0.0326. The first-order valence-electron chi connectivity index (χ1n) is 7.66. The van der Waals surface area contributed by atoms with Crippen LogP contribution in [0.1, 0.15) is 44.2 Å². The van der Waals surface area contributed by atoms with Gasteiger partial charge >= 0.3 is 0 Å². The SMILES string of the molecule is CCOC(C1CC1)C(NN)c1cccc(OC2CC2)c1. The molecule has 0 bridgehead atoms. The largest absolute Gasteiger partial charge is 0.490 e. The van der Waals surface area contributed by atoms with Crippen molar-refractivity contribution in [3.05, 3.63) is 29.8 Å². The van der Waals surface area contributed by atoms with Crippen LogP contribution in [0.2, 0.25) is 0 Å². The molecule has 2 atom stereocenters. The molecule has 0 amide bonds. The van der Waals surface area contributed by atoms with E-state index in [0.717, 1.165) is 17.9 Å². The molecule has 110 valence electrons. The van der Waals surface area contributed by atoms with E-state index in [1.54, 1.807) is 0 Å². The summed E-state index contributed by atoms with van der Waals surface area (Å²) >= 11 is 0. The summed E-state index contributed by atoms with van der Waals surface area (Å²) in [5.74, 6) is 7.36. The second kappa shape index (κ2) is 6.12. The summed E-state index contributed by atoms with van der Waals surface area (Å²) in [6, 6.07) is 8.27. The van der Waals surface area contributed by atoms with Crippen molar-refractivity contribution in [2.24, 2.45) is 11.8 Å². The molecule has 3 N–H and O–H groups in total. The summed E-state index contributed by atoms with van der Waals surface area (Å²) in [4.78, 5) is 0. The van der Waals surface area contributed by atoms with Crippen LogP contribution < -0.4 is 16.0 Å². The van der Waals surface area contributed by atoms with Crippen LogP contribution in [-0.2, 0) is 4.74 Å². The van der Waals surface area contributed by atoms with Crippen LogP contribution in [0, 0.1) is 5.92 Å². The molecule has 20 heavy (non-hydrogen) atoms. The number of hydrogen-bond acceptors (Lipinski definition) is 4. The lowest BCUT2D eigenvalue weighted by Gasteiger charge is -2.27. The molecule has 1 aromatic carbocycles. The minimum absolute atomic E-state index is 0.0326. The highest BCUT2D eigenvalue weighted by molar-refractivity contribution is 5.32. The Bertz CT molecular complexity index is 444. The Morgan fingerprint density at radius 2 is 2.10 bits per heavy atom. The fraction of sp³-hybridized carbons (Fsp3) is 0.625. The molecule has 4 nitrogen and oxygen atoms in total. The van der Waals surface area contributed by atoms with E-state index in [2.05, 4.69) is 17.6 Å². The summed E-state index contributed by atoms with van der Waals surface area (Å²) < 4.78 is 11.8. The topological polar surface area (TPSA) is 56.5 Å². The summed E-state index contributed by atoms with van der Waals surface area (Å²) in [7, 11) is 0. The van der Waals surface area contributed by atoms with Crippen molar-refractivity contribution in [1.29, 1.82) is 0 Å². The average molecular weight is 276 g/mol. The van der Waals surface area contributed by atoms with E-state index >= 15 is 0 Å². The van der Waals surface area contributed by atoms with Crippen molar-refractivity contribution >= 4 is 0 Å². The van der Waals surface area contributed by atoms with Gasteiger partial charge in [0, 0.05) is 6.61 Å². The van der Waals surface area contributed by atoms with Gasteiger partial charge in [-0.15, -0.1) is 0 Å². The first-order valence-corrected chi connectivity index (χ1v) is 7.66. The standard InChI is InChI=1S/C16H24N2O2/c1-2-19-16(11-6-7-11)15(18-17)12-4-3-5-14(10-12)20-13-8-9-13/h3-5,10-11,13,15-16,18H,2,6-9,17H2,1H3. The highest BCUT2D eigenvalue weighted by atomic mass is 16.5. The molecule has 0 aliphatic heterocycles. The molecule has 2 aliphatic carbocycles. The van der Waals surface area contributed by atoms with Crippen molar-refractivity contribution in [2.45, 2.75) is 50.9 Å². The van der Waals surface area contributed by atoms with Gasteiger partial charge in [-0.1, -0.05) is 12.1 Å². The molecule has 0 heterocycles.